The van der Waals surface area contributed by atoms with E-state index in [0.717, 1.165) is 24.6 Å². The number of aliphatic carboxylic acids is 1. The molecule has 1 unspecified atom stereocenters. The minimum absolute atomic E-state index is 0.00543. The number of halogens is 5. The lowest BCUT2D eigenvalue weighted by Crippen LogP contribution is -2.60. The molecule has 2 aromatic heterocycles. The van der Waals surface area contributed by atoms with Gasteiger partial charge in [-0.2, -0.15) is 8.78 Å². The summed E-state index contributed by atoms with van der Waals surface area (Å²) in [5, 5.41) is 12.8. The number of hydrogen-bond donors (Lipinski definition) is 2. The second kappa shape index (κ2) is 12.7. The minimum atomic E-state index is -3.60. The number of aromatic nitrogens is 3. The lowest BCUT2D eigenvalue weighted by Gasteiger charge is -2.46. The number of pyridine rings is 1. The fourth-order valence-corrected chi connectivity index (χ4v) is 10.1. The Balaban J connectivity index is 1.05. The van der Waals surface area contributed by atoms with Gasteiger partial charge >= 0.3 is 5.97 Å². The number of carboxylic acid groups (broad SMARTS) is 1. The summed E-state index contributed by atoms with van der Waals surface area (Å²) in [6.45, 7) is 2.97. The molecule has 53 heavy (non-hydrogen) atoms. The third kappa shape index (κ3) is 6.61. The molecule has 3 aliphatic heterocycles. The first kappa shape index (κ1) is 36.3. The van der Waals surface area contributed by atoms with Gasteiger partial charge in [-0.3, -0.25) is 9.69 Å². The maximum atomic E-state index is 15.3. The second-order valence-corrected chi connectivity index (χ2v) is 16.7. The van der Waals surface area contributed by atoms with Crippen LogP contribution in [0.4, 0.5) is 33.6 Å². The zero-order valence-electron chi connectivity index (χ0n) is 29.9. The van der Waals surface area contributed by atoms with Crippen molar-refractivity contribution in [3.05, 3.63) is 35.3 Å². The molecule has 2 N–H and O–H groups in total. The van der Waals surface area contributed by atoms with Gasteiger partial charge in [0.1, 0.15) is 23.0 Å². The monoisotopic (exact) mass is 748 g/mol. The zero-order chi connectivity index (χ0) is 37.6. The van der Waals surface area contributed by atoms with Crippen LogP contribution in [0.25, 0.3) is 0 Å². The number of fused-ring (bicyclic) bond motifs is 4. The van der Waals surface area contributed by atoms with E-state index in [0.29, 0.717) is 70.4 Å². The van der Waals surface area contributed by atoms with Crippen LogP contribution in [0, 0.1) is 11.8 Å². The molecule has 1 amide bonds. The molecule has 3 saturated carbocycles. The predicted molar refractivity (Wildman–Crippen MR) is 181 cm³/mol. The van der Waals surface area contributed by atoms with Crippen molar-refractivity contribution < 1.29 is 46.1 Å². The Morgan fingerprint density at radius 1 is 1.02 bits per heavy atom. The smallest absolute Gasteiger partial charge is 0.329 e. The Labute approximate surface area is 304 Å². The van der Waals surface area contributed by atoms with Crippen LogP contribution >= 0.6 is 0 Å². The number of carbonyl (C=O) groups excluding carboxylic acids is 1. The fraction of sp³-hybridized carbons (Fsp3) is 0.703. The van der Waals surface area contributed by atoms with Gasteiger partial charge in [-0.1, -0.05) is 0 Å². The number of alkyl halides is 5. The van der Waals surface area contributed by atoms with Crippen LogP contribution in [-0.4, -0.2) is 99.0 Å². The van der Waals surface area contributed by atoms with Crippen molar-refractivity contribution in [2.75, 3.05) is 37.7 Å². The summed E-state index contributed by atoms with van der Waals surface area (Å²) in [7, 11) is 0. The molecule has 288 valence electrons. The number of nitrogens with one attached hydrogen (secondary N) is 1. The average Bonchev–Trinajstić information content (AvgIpc) is 3.53. The van der Waals surface area contributed by atoms with E-state index in [1.54, 1.807) is 11.1 Å². The number of hydrogen-bond acceptors (Lipinski definition) is 9. The number of rotatable bonds is 8. The maximum Gasteiger partial charge on any atom is 0.329 e. The number of likely N-dealkylation sites (tertiary alicyclic amines) is 1. The van der Waals surface area contributed by atoms with Crippen LogP contribution in [0.15, 0.2) is 18.5 Å². The fourth-order valence-electron chi connectivity index (χ4n) is 10.1. The van der Waals surface area contributed by atoms with Crippen LogP contribution < -0.4 is 15.0 Å². The molecular formula is C37H45F5N6O5. The molecule has 5 fully saturated rings. The molecule has 5 heterocycles. The molecule has 1 spiro atoms. The summed E-state index contributed by atoms with van der Waals surface area (Å²) in [6, 6.07) is 2.00. The third-order valence-corrected chi connectivity index (χ3v) is 12.7. The lowest BCUT2D eigenvalue weighted by molar-refractivity contribution is -0.151. The van der Waals surface area contributed by atoms with Crippen LogP contribution in [0.1, 0.15) is 99.7 Å². The quantitative estimate of drug-likeness (QED) is 0.314. The zero-order valence-corrected chi connectivity index (χ0v) is 29.9. The minimum Gasteiger partial charge on any atom is -0.479 e. The van der Waals surface area contributed by atoms with Gasteiger partial charge in [-0.25, -0.2) is 32.9 Å². The van der Waals surface area contributed by atoms with Gasteiger partial charge in [-0.15, -0.1) is 0 Å². The number of amides is 1. The van der Waals surface area contributed by atoms with E-state index in [-0.39, 0.29) is 56.4 Å². The topological polar surface area (TPSA) is 130 Å². The molecule has 4 atom stereocenters. The average molecular weight is 749 g/mol. The molecule has 6 aliphatic rings. The highest BCUT2D eigenvalue weighted by molar-refractivity contribution is 5.99. The van der Waals surface area contributed by atoms with Crippen molar-refractivity contribution in [3.8, 4) is 5.88 Å². The van der Waals surface area contributed by atoms with E-state index >= 15 is 13.2 Å². The first-order chi connectivity index (χ1) is 25.0. The molecule has 0 radical (unpaired) electrons. The van der Waals surface area contributed by atoms with Gasteiger partial charge in [0.25, 0.3) is 17.8 Å². The third-order valence-electron chi connectivity index (χ3n) is 12.7. The van der Waals surface area contributed by atoms with Crippen molar-refractivity contribution in [2.45, 2.75) is 119 Å². The van der Waals surface area contributed by atoms with Crippen molar-refractivity contribution in [2.24, 2.45) is 11.8 Å². The number of nitrogens with zero attached hydrogens (tertiary/aromatic N) is 5. The first-order valence-electron chi connectivity index (χ1n) is 18.6. The molecular weight excluding hydrogens is 703 g/mol. The Morgan fingerprint density at radius 2 is 1.74 bits per heavy atom. The van der Waals surface area contributed by atoms with Crippen LogP contribution in [-0.2, 0) is 20.9 Å². The molecule has 3 aliphatic carbocycles. The highest BCUT2D eigenvalue weighted by Crippen LogP contribution is 2.54. The maximum absolute atomic E-state index is 15.3. The summed E-state index contributed by atoms with van der Waals surface area (Å²) in [5.74, 6) is -9.18. The normalized spacial score (nSPS) is 33.3. The standard InChI is InChI=1S/C37H45F5N6O5/c1-33(38)13-21-11-22(15-33)37(14-21,31(50)51)46-30(49)25-16-44-32(45-29(25)34(2,39)40)48-18-35(7-9-52-10-8-35)26-12-28(43-17-27(26)48)53-24-5-3-23(4-6-24)47-19-36(41,42)20-47/h12,16-17,21-24H,3-11,13-15,18-20H2,1-2H3,(H,46,49)(H,50,51)/t21?,22-,23?,24?,33-,37+/m0/s1. The molecule has 2 bridgehead atoms. The highest BCUT2D eigenvalue weighted by atomic mass is 19.3. The van der Waals surface area contributed by atoms with E-state index in [2.05, 4.69) is 20.3 Å². The Bertz CT molecular complexity index is 1770. The molecule has 8 rings (SSSR count). The molecule has 2 saturated heterocycles. The van der Waals surface area contributed by atoms with Gasteiger partial charge < -0.3 is 24.8 Å². The van der Waals surface area contributed by atoms with Crippen LogP contribution in [0.5, 0.6) is 5.88 Å². The van der Waals surface area contributed by atoms with Gasteiger partial charge in [-0.05, 0) is 88.5 Å². The van der Waals surface area contributed by atoms with Crippen LogP contribution in [0.2, 0.25) is 0 Å². The summed E-state index contributed by atoms with van der Waals surface area (Å²) in [4.78, 5) is 43.2. The lowest BCUT2D eigenvalue weighted by atomic mass is 9.76. The Hall–Kier alpha value is -3.66. The van der Waals surface area contributed by atoms with Gasteiger partial charge in [0.15, 0.2) is 0 Å². The molecule has 11 nitrogen and oxygen atoms in total. The largest absolute Gasteiger partial charge is 0.479 e. The predicted octanol–water partition coefficient (Wildman–Crippen LogP) is 5.93. The summed E-state index contributed by atoms with van der Waals surface area (Å²) in [5.41, 5.74) is -3.72. The van der Waals surface area contributed by atoms with E-state index in [4.69, 9.17) is 9.47 Å². The van der Waals surface area contributed by atoms with E-state index in [1.165, 1.54) is 6.92 Å². The van der Waals surface area contributed by atoms with Gasteiger partial charge in [0, 0.05) is 50.4 Å². The van der Waals surface area contributed by atoms with Crippen molar-refractivity contribution in [1.29, 1.82) is 0 Å². The van der Waals surface area contributed by atoms with Gasteiger partial charge in [0.2, 0.25) is 11.8 Å². The molecule has 16 heteroatoms. The Kier molecular flexibility index (Phi) is 8.71. The number of ether oxygens (including phenoxy) is 2. The highest BCUT2D eigenvalue weighted by Gasteiger charge is 2.59. The molecule has 2 aromatic rings. The van der Waals surface area contributed by atoms with Crippen molar-refractivity contribution in [3.63, 3.8) is 0 Å². The summed E-state index contributed by atoms with van der Waals surface area (Å²) < 4.78 is 84.6. The number of carbonyl (C=O) groups is 2. The Morgan fingerprint density at radius 3 is 2.40 bits per heavy atom. The van der Waals surface area contributed by atoms with E-state index in [9.17, 15) is 23.5 Å². The van der Waals surface area contributed by atoms with Gasteiger partial charge in [0.05, 0.1) is 30.5 Å². The van der Waals surface area contributed by atoms with E-state index in [1.807, 2.05) is 11.0 Å². The number of anilines is 2. The summed E-state index contributed by atoms with van der Waals surface area (Å²) >= 11 is 0. The summed E-state index contributed by atoms with van der Waals surface area (Å²) in [6.07, 6.45) is 7.25. The number of carboxylic acids is 1. The SMILES string of the molecule is CC(F)(F)c1nc(N2CC3(CCOCC3)c3cc(OC4CCC(N5CC(F)(F)C5)CC4)ncc32)ncc1C(=O)N[C@]1(C(=O)O)CC2C[C@H]1C[C@@](C)(F)C2. The first-order valence-corrected chi connectivity index (χ1v) is 18.6. The van der Waals surface area contributed by atoms with E-state index < -0.39 is 57.5 Å². The second-order valence-electron chi connectivity index (χ2n) is 16.7. The van der Waals surface area contributed by atoms with Crippen molar-refractivity contribution >= 4 is 23.5 Å². The molecule has 0 aromatic carbocycles. The van der Waals surface area contributed by atoms with Crippen molar-refractivity contribution in [1.82, 2.24) is 25.2 Å². The van der Waals surface area contributed by atoms with Crippen LogP contribution in [0.3, 0.4) is 0 Å².